The number of halogens is 6. The van der Waals surface area contributed by atoms with Crippen LogP contribution in [0.4, 0.5) is 26.3 Å². The second-order valence-electron chi connectivity index (χ2n) is 5.48. The van der Waals surface area contributed by atoms with Crippen LogP contribution in [0, 0.1) is 0 Å². The third-order valence-electron chi connectivity index (χ3n) is 3.36. The van der Waals surface area contributed by atoms with E-state index in [1.54, 1.807) is 0 Å². The van der Waals surface area contributed by atoms with Crippen LogP contribution < -0.4 is 0 Å². The van der Waals surface area contributed by atoms with Crippen molar-refractivity contribution in [3.8, 4) is 0 Å². The molecule has 0 radical (unpaired) electrons. The molecule has 0 fully saturated rings. The third-order valence-corrected chi connectivity index (χ3v) is 4.14. The normalized spacial score (nSPS) is 13.1. The molecule has 0 atom stereocenters. The number of ketones is 1. The summed E-state index contributed by atoms with van der Waals surface area (Å²) < 4.78 is 112. The van der Waals surface area contributed by atoms with Crippen molar-refractivity contribution in [1.82, 2.24) is 0 Å². The van der Waals surface area contributed by atoms with E-state index in [0.717, 1.165) is 30.3 Å². The van der Waals surface area contributed by atoms with E-state index in [4.69, 9.17) is 4.55 Å². The second-order valence-corrected chi connectivity index (χ2v) is 6.93. The molecule has 1 N–H and O–H groups in total. The molecule has 0 aliphatic carbocycles. The van der Waals surface area contributed by atoms with Crippen LogP contribution in [0.15, 0.2) is 36.9 Å². The molecule has 0 aliphatic rings. The van der Waals surface area contributed by atoms with Crippen molar-refractivity contribution in [1.29, 1.82) is 0 Å². The van der Waals surface area contributed by atoms with E-state index >= 15 is 0 Å². The van der Waals surface area contributed by atoms with E-state index < -0.39 is 51.1 Å². The Balaban J connectivity index is 3.30. The number of allylic oxidation sites excluding steroid dienone is 1. The van der Waals surface area contributed by atoms with Crippen molar-refractivity contribution in [3.63, 3.8) is 0 Å². The number of carbonyl (C=O) groups excluding carboxylic acids is 2. The summed E-state index contributed by atoms with van der Waals surface area (Å²) >= 11 is 0. The highest BCUT2D eigenvalue weighted by Crippen LogP contribution is 2.47. The summed E-state index contributed by atoms with van der Waals surface area (Å²) in [5, 5.41) is 0. The van der Waals surface area contributed by atoms with Crippen LogP contribution in [0.5, 0.6) is 0 Å². The minimum atomic E-state index is -6.41. The Bertz CT molecular complexity index is 840. The van der Waals surface area contributed by atoms with E-state index in [9.17, 15) is 44.3 Å². The highest BCUT2D eigenvalue weighted by Gasteiger charge is 2.76. The van der Waals surface area contributed by atoms with Gasteiger partial charge in [0.05, 0.1) is 5.56 Å². The number of ether oxygens (including phenoxy) is 1. The van der Waals surface area contributed by atoms with Crippen LogP contribution in [-0.2, 0) is 26.1 Å². The highest BCUT2D eigenvalue weighted by atomic mass is 32.2. The fourth-order valence-electron chi connectivity index (χ4n) is 1.98. The Morgan fingerprint density at radius 3 is 1.86 bits per heavy atom. The molecular formula is C15H12F6O6S. The van der Waals surface area contributed by atoms with Crippen molar-refractivity contribution in [2.75, 3.05) is 5.75 Å². The van der Waals surface area contributed by atoms with Crippen LogP contribution in [-0.4, -0.2) is 48.4 Å². The van der Waals surface area contributed by atoms with Gasteiger partial charge in [0.1, 0.15) is 5.75 Å². The summed E-state index contributed by atoms with van der Waals surface area (Å²) in [5.41, 5.74) is -5.98. The van der Waals surface area contributed by atoms with Gasteiger partial charge < -0.3 is 4.74 Å². The van der Waals surface area contributed by atoms with Gasteiger partial charge in [-0.1, -0.05) is 18.7 Å². The van der Waals surface area contributed by atoms with Gasteiger partial charge in [0.15, 0.2) is 5.78 Å². The molecule has 1 rings (SSSR count). The fraction of sp³-hybridized carbons (Fsp3) is 0.333. The number of rotatable bonds is 7. The second kappa shape index (κ2) is 7.91. The Morgan fingerprint density at radius 1 is 1.04 bits per heavy atom. The molecule has 0 bridgehead atoms. The summed E-state index contributed by atoms with van der Waals surface area (Å²) in [6.07, 6.45) is -12.0. The molecule has 0 aliphatic heterocycles. The Hall–Kier alpha value is -2.41. The number of carbonyl (C=O) groups is 2. The lowest BCUT2D eigenvalue weighted by atomic mass is 10.0. The van der Waals surface area contributed by atoms with Gasteiger partial charge in [-0.2, -0.15) is 34.8 Å². The largest absolute Gasteiger partial charge is 0.438 e. The van der Waals surface area contributed by atoms with Gasteiger partial charge in [-0.3, -0.25) is 9.35 Å². The van der Waals surface area contributed by atoms with Gasteiger partial charge in [-0.05, 0) is 23.8 Å². The Kier molecular flexibility index (Phi) is 6.68. The summed E-state index contributed by atoms with van der Waals surface area (Å²) in [4.78, 5) is 23.0. The van der Waals surface area contributed by atoms with E-state index in [0.29, 0.717) is 0 Å². The molecule has 0 heterocycles. The maximum atomic E-state index is 13.1. The van der Waals surface area contributed by atoms with Gasteiger partial charge in [-0.25, -0.2) is 4.79 Å². The van der Waals surface area contributed by atoms with Gasteiger partial charge >= 0.3 is 23.9 Å². The zero-order valence-electron chi connectivity index (χ0n) is 13.7. The molecule has 0 spiro atoms. The average molecular weight is 434 g/mol. The van der Waals surface area contributed by atoms with Crippen LogP contribution in [0.1, 0.15) is 15.9 Å². The van der Waals surface area contributed by atoms with Crippen molar-refractivity contribution in [2.45, 2.75) is 24.4 Å². The molecule has 0 unspecified atom stereocenters. The van der Waals surface area contributed by atoms with Crippen LogP contribution in [0.3, 0.4) is 0 Å². The standard InChI is InChI=1S/C15H12F6O6S/c1-2-11(22)7-9-3-5-10(6-4-9)12(23)27-13(14(16,17)18,15(19,20)21)8-28(24,25)26/h2-6H,1,7-8H2,(H,24,25,26). The maximum absolute atomic E-state index is 13.1. The monoisotopic (exact) mass is 434 g/mol. The quantitative estimate of drug-likeness (QED) is 0.307. The zero-order chi connectivity index (χ0) is 22.0. The zero-order valence-corrected chi connectivity index (χ0v) is 14.5. The summed E-state index contributed by atoms with van der Waals surface area (Å²) in [5.74, 6) is -5.54. The van der Waals surface area contributed by atoms with E-state index in [-0.39, 0.29) is 12.0 Å². The van der Waals surface area contributed by atoms with Crippen molar-refractivity contribution < 1.29 is 53.6 Å². The SMILES string of the molecule is C=CC(=O)Cc1ccc(C(=O)OC(CS(=O)(=O)O)(C(F)(F)F)C(F)(F)F)cc1. The van der Waals surface area contributed by atoms with Gasteiger partial charge in [0.25, 0.3) is 10.1 Å². The molecule has 1 aromatic carbocycles. The number of hydrogen-bond donors (Lipinski definition) is 1. The van der Waals surface area contributed by atoms with Crippen LogP contribution >= 0.6 is 0 Å². The molecule has 0 aromatic heterocycles. The molecule has 156 valence electrons. The minimum absolute atomic E-state index is 0.184. The first kappa shape index (κ1) is 23.6. The van der Waals surface area contributed by atoms with E-state index in [2.05, 4.69) is 11.3 Å². The Labute approximate surface area is 154 Å². The third kappa shape index (κ3) is 5.55. The predicted octanol–water partition coefficient (Wildman–Crippen LogP) is 2.89. The molecule has 0 amide bonds. The maximum Gasteiger partial charge on any atom is 0.438 e. The van der Waals surface area contributed by atoms with Crippen molar-refractivity contribution in [2.24, 2.45) is 0 Å². The lowest BCUT2D eigenvalue weighted by Gasteiger charge is -2.35. The Morgan fingerprint density at radius 2 is 1.50 bits per heavy atom. The number of hydrogen-bond acceptors (Lipinski definition) is 5. The van der Waals surface area contributed by atoms with Crippen LogP contribution in [0.2, 0.25) is 0 Å². The predicted molar refractivity (Wildman–Crippen MR) is 82.0 cm³/mol. The molecule has 1 aromatic rings. The first-order chi connectivity index (χ1) is 12.5. The number of alkyl halides is 6. The smallest absolute Gasteiger partial charge is 0.435 e. The molecule has 6 nitrogen and oxygen atoms in total. The van der Waals surface area contributed by atoms with E-state index in [1.807, 2.05) is 0 Å². The number of esters is 1. The molecule has 0 saturated carbocycles. The van der Waals surface area contributed by atoms with Crippen molar-refractivity contribution >= 4 is 21.9 Å². The van der Waals surface area contributed by atoms with Crippen molar-refractivity contribution in [3.05, 3.63) is 48.0 Å². The fourth-order valence-corrected chi connectivity index (χ4v) is 2.88. The summed E-state index contributed by atoms with van der Waals surface area (Å²) in [6.45, 7) is 3.21. The number of benzene rings is 1. The summed E-state index contributed by atoms with van der Waals surface area (Å²) in [6, 6.07) is 3.73. The molecule has 28 heavy (non-hydrogen) atoms. The van der Waals surface area contributed by atoms with Gasteiger partial charge in [0.2, 0.25) is 0 Å². The lowest BCUT2D eigenvalue weighted by molar-refractivity contribution is -0.356. The van der Waals surface area contributed by atoms with Gasteiger partial charge in [-0.15, -0.1) is 0 Å². The highest BCUT2D eigenvalue weighted by molar-refractivity contribution is 7.85. The van der Waals surface area contributed by atoms with Gasteiger partial charge in [0, 0.05) is 6.42 Å². The molecule has 0 saturated heterocycles. The minimum Gasteiger partial charge on any atom is -0.435 e. The lowest BCUT2D eigenvalue weighted by Crippen LogP contribution is -2.63. The first-order valence-corrected chi connectivity index (χ1v) is 8.69. The van der Waals surface area contributed by atoms with Crippen LogP contribution in [0.25, 0.3) is 0 Å². The first-order valence-electron chi connectivity index (χ1n) is 7.08. The van der Waals surface area contributed by atoms with E-state index in [1.165, 1.54) is 0 Å². The average Bonchev–Trinajstić information content (AvgIpc) is 2.51. The molecular weight excluding hydrogens is 422 g/mol. The topological polar surface area (TPSA) is 97.7 Å². The molecule has 13 heteroatoms. The summed E-state index contributed by atoms with van der Waals surface area (Å²) in [7, 11) is -5.86.